The zero-order valence-corrected chi connectivity index (χ0v) is 8.24. The van der Waals surface area contributed by atoms with E-state index in [0.717, 1.165) is 5.56 Å². The molecule has 0 fully saturated rings. The van der Waals surface area contributed by atoms with Crippen LogP contribution in [0.1, 0.15) is 17.0 Å². The molecule has 0 unspecified atom stereocenters. The first kappa shape index (κ1) is 8.94. The fourth-order valence-corrected chi connectivity index (χ4v) is 1.25. The Hall–Kier alpha value is -1.64. The summed E-state index contributed by atoms with van der Waals surface area (Å²) in [7, 11) is 0. The second-order valence-corrected chi connectivity index (χ2v) is 3.31. The highest BCUT2D eigenvalue weighted by Gasteiger charge is 2.06. The van der Waals surface area contributed by atoms with Gasteiger partial charge in [0.1, 0.15) is 0 Å². The van der Waals surface area contributed by atoms with Gasteiger partial charge in [0.15, 0.2) is 5.82 Å². The highest BCUT2D eigenvalue weighted by Crippen LogP contribution is 2.19. The van der Waals surface area contributed by atoms with Gasteiger partial charge in [0, 0.05) is 12.5 Å². The van der Waals surface area contributed by atoms with Crippen molar-refractivity contribution in [1.82, 2.24) is 10.1 Å². The second kappa shape index (κ2) is 3.25. The summed E-state index contributed by atoms with van der Waals surface area (Å²) in [5.74, 6) is 0.941. The van der Waals surface area contributed by atoms with E-state index in [9.17, 15) is 0 Å². The Labute approximate surface area is 82.8 Å². The van der Waals surface area contributed by atoms with Gasteiger partial charge in [-0.2, -0.15) is 4.98 Å². The minimum absolute atomic E-state index is 0.415. The van der Waals surface area contributed by atoms with E-state index in [-0.39, 0.29) is 0 Å². The summed E-state index contributed by atoms with van der Waals surface area (Å²) in [6, 6.07) is 6.04. The van der Waals surface area contributed by atoms with Gasteiger partial charge in [0.05, 0.1) is 0 Å². The van der Waals surface area contributed by atoms with E-state index in [4.69, 9.17) is 4.52 Å². The van der Waals surface area contributed by atoms with E-state index in [0.29, 0.717) is 11.7 Å². The Morgan fingerprint density at radius 3 is 2.57 bits per heavy atom. The average molecular weight is 187 g/mol. The number of rotatable bonds is 1. The van der Waals surface area contributed by atoms with Crippen LogP contribution in [0.4, 0.5) is 0 Å². The Bertz CT molecular complexity index is 460. The number of hydrogen-bond donors (Lipinski definition) is 0. The molecule has 0 bridgehead atoms. The van der Waals surface area contributed by atoms with Gasteiger partial charge in [0.25, 0.3) is 5.89 Å². The average Bonchev–Trinajstić information content (AvgIpc) is 2.57. The van der Waals surface area contributed by atoms with Gasteiger partial charge < -0.3 is 4.52 Å². The fraction of sp³-hybridized carbons (Fsp3) is 0.182. The molecule has 71 valence electrons. The Balaban J connectivity index is 2.47. The van der Waals surface area contributed by atoms with E-state index < -0.39 is 0 Å². The van der Waals surface area contributed by atoms with Crippen LogP contribution in [0.2, 0.25) is 0 Å². The van der Waals surface area contributed by atoms with Gasteiger partial charge in [-0.05, 0) is 37.1 Å². The Kier molecular flexibility index (Phi) is 2.08. The van der Waals surface area contributed by atoms with Crippen molar-refractivity contribution in [3.63, 3.8) is 0 Å². The van der Waals surface area contributed by atoms with Gasteiger partial charge >= 0.3 is 0 Å². The number of aromatic nitrogens is 2. The molecule has 0 atom stereocenters. The smallest absolute Gasteiger partial charge is 0.257 e. The van der Waals surface area contributed by atoms with E-state index >= 15 is 0 Å². The van der Waals surface area contributed by atoms with Crippen molar-refractivity contribution >= 4 is 0 Å². The summed E-state index contributed by atoms with van der Waals surface area (Å²) in [5, 5.41) is 3.65. The van der Waals surface area contributed by atoms with Crippen LogP contribution in [0.25, 0.3) is 11.5 Å². The molecule has 0 N–H and O–H groups in total. The maximum atomic E-state index is 5.02. The van der Waals surface area contributed by atoms with Crippen molar-refractivity contribution in [3.05, 3.63) is 42.1 Å². The van der Waals surface area contributed by atoms with E-state index in [2.05, 4.69) is 30.9 Å². The molecule has 1 aromatic carbocycles. The summed E-state index contributed by atoms with van der Waals surface area (Å²) in [6.07, 6.45) is 0. The fourth-order valence-electron chi connectivity index (χ4n) is 1.25. The molecule has 0 aliphatic carbocycles. The lowest BCUT2D eigenvalue weighted by atomic mass is 10.1. The van der Waals surface area contributed by atoms with Gasteiger partial charge in [-0.15, -0.1) is 0 Å². The first-order chi connectivity index (χ1) is 6.66. The van der Waals surface area contributed by atoms with Gasteiger partial charge in [0.2, 0.25) is 0 Å². The lowest BCUT2D eigenvalue weighted by molar-refractivity contribution is 0.427. The van der Waals surface area contributed by atoms with Crippen molar-refractivity contribution in [3.8, 4) is 11.5 Å². The molecule has 0 saturated carbocycles. The van der Waals surface area contributed by atoms with E-state index in [1.807, 2.05) is 18.2 Å². The molecule has 14 heavy (non-hydrogen) atoms. The van der Waals surface area contributed by atoms with Crippen LogP contribution in [0.5, 0.6) is 0 Å². The molecule has 3 heteroatoms. The molecule has 1 radical (unpaired) electrons. The van der Waals surface area contributed by atoms with E-state index in [1.54, 1.807) is 0 Å². The molecular weight excluding hydrogens is 176 g/mol. The number of nitrogens with zero attached hydrogens (tertiary/aromatic N) is 2. The highest BCUT2D eigenvalue weighted by atomic mass is 16.5. The second-order valence-electron chi connectivity index (χ2n) is 3.31. The van der Waals surface area contributed by atoms with Gasteiger partial charge in [-0.3, -0.25) is 0 Å². The van der Waals surface area contributed by atoms with Crippen molar-refractivity contribution in [2.45, 2.75) is 13.8 Å². The van der Waals surface area contributed by atoms with Gasteiger partial charge in [-0.1, -0.05) is 11.2 Å². The minimum atomic E-state index is 0.415. The largest absolute Gasteiger partial charge is 0.334 e. The number of benzene rings is 1. The summed E-state index contributed by atoms with van der Waals surface area (Å²) in [5.41, 5.74) is 3.41. The summed E-state index contributed by atoms with van der Waals surface area (Å²) < 4.78 is 5.02. The lowest BCUT2D eigenvalue weighted by Crippen LogP contribution is -1.83. The van der Waals surface area contributed by atoms with Crippen LogP contribution in [0.3, 0.4) is 0 Å². The van der Waals surface area contributed by atoms with Crippen LogP contribution in [-0.4, -0.2) is 10.1 Å². The van der Waals surface area contributed by atoms with Crippen molar-refractivity contribution in [2.24, 2.45) is 0 Å². The maximum Gasteiger partial charge on any atom is 0.257 e. The molecule has 0 amide bonds. The first-order valence-corrected chi connectivity index (χ1v) is 4.40. The van der Waals surface area contributed by atoms with Crippen molar-refractivity contribution in [2.75, 3.05) is 0 Å². The summed E-state index contributed by atoms with van der Waals surface area (Å²) >= 11 is 0. The number of hydrogen-bond acceptors (Lipinski definition) is 3. The molecule has 1 aromatic heterocycles. The molecule has 0 spiro atoms. The third kappa shape index (κ3) is 1.53. The molecule has 0 aliphatic rings. The van der Waals surface area contributed by atoms with Crippen molar-refractivity contribution in [1.29, 1.82) is 0 Å². The molecule has 2 rings (SSSR count). The van der Waals surface area contributed by atoms with Crippen LogP contribution in [0, 0.1) is 20.8 Å². The Morgan fingerprint density at radius 2 is 2.00 bits per heavy atom. The monoisotopic (exact) mass is 187 g/mol. The topological polar surface area (TPSA) is 38.9 Å². The molecular formula is C11H11N2O. The first-order valence-electron chi connectivity index (χ1n) is 4.40. The standard InChI is InChI=1S/C11H11N2O/c1-7-4-5-10(6-8(7)2)11-12-9(3)13-14-11/h4-6H,3H2,1-2H3. The zero-order chi connectivity index (χ0) is 10.1. The molecule has 1 heterocycles. The normalized spacial score (nSPS) is 10.5. The lowest BCUT2D eigenvalue weighted by Gasteiger charge is -2.00. The zero-order valence-electron chi connectivity index (χ0n) is 8.24. The van der Waals surface area contributed by atoms with Gasteiger partial charge in [-0.25, -0.2) is 0 Å². The Morgan fingerprint density at radius 1 is 1.21 bits per heavy atom. The van der Waals surface area contributed by atoms with Crippen LogP contribution in [-0.2, 0) is 0 Å². The van der Waals surface area contributed by atoms with E-state index in [1.165, 1.54) is 11.1 Å². The van der Waals surface area contributed by atoms with Crippen LogP contribution in [0.15, 0.2) is 22.7 Å². The summed E-state index contributed by atoms with van der Waals surface area (Å²) in [4.78, 5) is 4.06. The highest BCUT2D eigenvalue weighted by molar-refractivity contribution is 5.55. The SMILES string of the molecule is [CH2]c1noc(-c2ccc(C)c(C)c2)n1. The number of aryl methyl sites for hydroxylation is 2. The molecule has 0 saturated heterocycles. The van der Waals surface area contributed by atoms with Crippen molar-refractivity contribution < 1.29 is 4.52 Å². The predicted molar refractivity (Wildman–Crippen MR) is 53.7 cm³/mol. The third-order valence-corrected chi connectivity index (χ3v) is 2.22. The predicted octanol–water partition coefficient (Wildman–Crippen LogP) is 2.54. The summed E-state index contributed by atoms with van der Waals surface area (Å²) in [6.45, 7) is 7.72. The minimum Gasteiger partial charge on any atom is -0.334 e. The third-order valence-electron chi connectivity index (χ3n) is 2.22. The molecule has 0 aliphatic heterocycles. The molecule has 2 aromatic rings. The van der Waals surface area contributed by atoms with Crippen LogP contribution < -0.4 is 0 Å². The van der Waals surface area contributed by atoms with Crippen LogP contribution >= 0.6 is 0 Å². The maximum absolute atomic E-state index is 5.02. The quantitative estimate of drug-likeness (QED) is 0.688. The molecule has 3 nitrogen and oxygen atoms in total.